The Balaban J connectivity index is 2.46. The number of carbonyl (C=O) groups is 1. The Morgan fingerprint density at radius 2 is 2.00 bits per heavy atom. The molecule has 0 aromatic rings. The van der Waals surface area contributed by atoms with Crippen molar-refractivity contribution in [1.82, 2.24) is 9.03 Å². The van der Waals surface area contributed by atoms with Gasteiger partial charge in [-0.3, -0.25) is 4.79 Å². The highest BCUT2D eigenvalue weighted by Crippen LogP contribution is 2.10. The Bertz CT molecular complexity index is 323. The molecule has 1 heterocycles. The van der Waals surface area contributed by atoms with E-state index in [1.165, 1.54) is 4.31 Å². The van der Waals surface area contributed by atoms with Crippen molar-refractivity contribution in [2.24, 2.45) is 5.73 Å². The number of nitrogens with zero attached hydrogens (tertiary/aromatic N) is 1. The molecule has 1 unspecified atom stereocenters. The Hall–Kier alpha value is -0.700. The van der Waals surface area contributed by atoms with Gasteiger partial charge in [-0.05, 0) is 12.8 Å². The van der Waals surface area contributed by atoms with E-state index in [0.29, 0.717) is 13.1 Å². The third-order valence-corrected chi connectivity index (χ3v) is 3.78. The summed E-state index contributed by atoms with van der Waals surface area (Å²) in [4.78, 5) is 10.4. The van der Waals surface area contributed by atoms with Gasteiger partial charge in [0.1, 0.15) is 6.04 Å². The number of hydrogen-bond donors (Lipinski definition) is 3. The Morgan fingerprint density at radius 1 is 1.47 bits per heavy atom. The zero-order valence-corrected chi connectivity index (χ0v) is 9.03. The number of rotatable bonds is 5. The minimum Gasteiger partial charge on any atom is -0.480 e. The molecule has 0 aromatic carbocycles. The Morgan fingerprint density at radius 3 is 2.47 bits per heavy atom. The van der Waals surface area contributed by atoms with Gasteiger partial charge >= 0.3 is 5.97 Å². The van der Waals surface area contributed by atoms with Crippen LogP contribution in [0.5, 0.6) is 0 Å². The molecule has 0 amide bonds. The number of hydrogen-bond acceptors (Lipinski definition) is 4. The molecule has 1 saturated heterocycles. The Labute approximate surface area is 88.4 Å². The highest BCUT2D eigenvalue weighted by Gasteiger charge is 2.26. The van der Waals surface area contributed by atoms with E-state index in [1.54, 1.807) is 0 Å². The van der Waals surface area contributed by atoms with Gasteiger partial charge in [-0.15, -0.1) is 0 Å². The first-order valence-electron chi connectivity index (χ1n) is 4.66. The van der Waals surface area contributed by atoms with Crippen LogP contribution in [0.4, 0.5) is 0 Å². The molecule has 1 rings (SSSR count). The monoisotopic (exact) mass is 237 g/mol. The average Bonchev–Trinajstić information content (AvgIpc) is 2.67. The van der Waals surface area contributed by atoms with Crippen molar-refractivity contribution in [3.8, 4) is 0 Å². The van der Waals surface area contributed by atoms with E-state index < -0.39 is 22.2 Å². The molecule has 15 heavy (non-hydrogen) atoms. The lowest BCUT2D eigenvalue weighted by atomic mass is 10.3. The molecule has 0 aromatic heterocycles. The highest BCUT2D eigenvalue weighted by molar-refractivity contribution is 7.87. The highest BCUT2D eigenvalue weighted by atomic mass is 32.2. The van der Waals surface area contributed by atoms with Crippen molar-refractivity contribution in [2.75, 3.05) is 19.6 Å². The molecule has 7 nitrogen and oxygen atoms in total. The molecule has 0 aliphatic carbocycles. The summed E-state index contributed by atoms with van der Waals surface area (Å²) < 4.78 is 26.5. The van der Waals surface area contributed by atoms with Crippen molar-refractivity contribution >= 4 is 16.2 Å². The summed E-state index contributed by atoms with van der Waals surface area (Å²) in [5, 5.41) is 8.47. The molecule has 88 valence electrons. The van der Waals surface area contributed by atoms with E-state index in [4.69, 9.17) is 10.8 Å². The molecule has 1 aliphatic heterocycles. The van der Waals surface area contributed by atoms with Crippen molar-refractivity contribution in [3.63, 3.8) is 0 Å². The largest absolute Gasteiger partial charge is 0.480 e. The predicted octanol–water partition coefficient (Wildman–Crippen LogP) is -1.67. The standard InChI is InChI=1S/C7H15N3O4S/c8-6(7(11)12)5-9-15(13,14)10-3-1-2-4-10/h6,9H,1-5,8H2,(H,11,12). The van der Waals surface area contributed by atoms with E-state index in [1.807, 2.05) is 0 Å². The van der Waals surface area contributed by atoms with Crippen LogP contribution < -0.4 is 10.5 Å². The van der Waals surface area contributed by atoms with Crippen LogP contribution >= 0.6 is 0 Å². The molecule has 0 saturated carbocycles. The zero-order chi connectivity index (χ0) is 11.5. The average molecular weight is 237 g/mol. The second kappa shape index (κ2) is 4.88. The van der Waals surface area contributed by atoms with Gasteiger partial charge in [0, 0.05) is 19.6 Å². The Kier molecular flexibility index (Phi) is 4.03. The van der Waals surface area contributed by atoms with Gasteiger partial charge in [0.05, 0.1) is 0 Å². The van der Waals surface area contributed by atoms with Gasteiger partial charge in [0.15, 0.2) is 0 Å². The minimum atomic E-state index is -3.55. The number of nitrogens with two attached hydrogens (primary N) is 1. The van der Waals surface area contributed by atoms with Crippen LogP contribution in [0.25, 0.3) is 0 Å². The SMILES string of the molecule is NC(CNS(=O)(=O)N1CCCC1)C(=O)O. The van der Waals surface area contributed by atoms with Crippen molar-refractivity contribution in [3.05, 3.63) is 0 Å². The van der Waals surface area contributed by atoms with Gasteiger partial charge in [-0.2, -0.15) is 17.4 Å². The van der Waals surface area contributed by atoms with Gasteiger partial charge in [0.25, 0.3) is 10.2 Å². The van der Waals surface area contributed by atoms with Gasteiger partial charge < -0.3 is 10.8 Å². The minimum absolute atomic E-state index is 0.284. The van der Waals surface area contributed by atoms with Crippen LogP contribution in [0.3, 0.4) is 0 Å². The van der Waals surface area contributed by atoms with Gasteiger partial charge in [-0.1, -0.05) is 0 Å². The fraction of sp³-hybridized carbons (Fsp3) is 0.857. The molecule has 0 bridgehead atoms. The number of carboxylic acid groups (broad SMARTS) is 1. The molecule has 0 radical (unpaired) electrons. The summed E-state index contributed by atoms with van der Waals surface area (Å²) in [6.45, 7) is 0.684. The molecule has 0 spiro atoms. The second-order valence-electron chi connectivity index (χ2n) is 3.40. The summed E-state index contributed by atoms with van der Waals surface area (Å²) >= 11 is 0. The number of aliphatic carboxylic acids is 1. The fourth-order valence-corrected chi connectivity index (χ4v) is 2.61. The van der Waals surface area contributed by atoms with Crippen molar-refractivity contribution < 1.29 is 18.3 Å². The van der Waals surface area contributed by atoms with Crippen LogP contribution in [0.2, 0.25) is 0 Å². The molecular weight excluding hydrogens is 222 g/mol. The topological polar surface area (TPSA) is 113 Å². The maximum atomic E-state index is 11.5. The lowest BCUT2D eigenvalue weighted by molar-refractivity contribution is -0.138. The molecule has 4 N–H and O–H groups in total. The van der Waals surface area contributed by atoms with Crippen molar-refractivity contribution in [1.29, 1.82) is 0 Å². The van der Waals surface area contributed by atoms with Gasteiger partial charge in [-0.25, -0.2) is 0 Å². The van der Waals surface area contributed by atoms with Crippen molar-refractivity contribution in [2.45, 2.75) is 18.9 Å². The third-order valence-electron chi connectivity index (χ3n) is 2.21. The molecule has 8 heteroatoms. The quantitative estimate of drug-likeness (QED) is 0.529. The van der Waals surface area contributed by atoms with E-state index in [9.17, 15) is 13.2 Å². The smallest absolute Gasteiger partial charge is 0.321 e. The summed E-state index contributed by atoms with van der Waals surface area (Å²) in [5.41, 5.74) is 5.18. The summed E-state index contributed by atoms with van der Waals surface area (Å²) in [5.74, 6) is -1.22. The van der Waals surface area contributed by atoms with E-state index in [2.05, 4.69) is 4.72 Å². The fourth-order valence-electron chi connectivity index (χ4n) is 1.30. The van der Waals surface area contributed by atoms with Gasteiger partial charge in [0.2, 0.25) is 0 Å². The maximum absolute atomic E-state index is 11.5. The van der Waals surface area contributed by atoms with E-state index in [0.717, 1.165) is 12.8 Å². The predicted molar refractivity (Wildman–Crippen MR) is 53.3 cm³/mol. The molecule has 1 fully saturated rings. The normalized spacial score (nSPS) is 20.3. The van der Waals surface area contributed by atoms with E-state index in [-0.39, 0.29) is 6.54 Å². The van der Waals surface area contributed by atoms with E-state index >= 15 is 0 Å². The van der Waals surface area contributed by atoms with Crippen LogP contribution in [-0.4, -0.2) is 49.5 Å². The second-order valence-corrected chi connectivity index (χ2v) is 5.16. The first kappa shape index (κ1) is 12.4. The van der Waals surface area contributed by atoms with Crippen LogP contribution in [0.15, 0.2) is 0 Å². The summed E-state index contributed by atoms with van der Waals surface area (Å²) in [6, 6.07) is -1.21. The first-order valence-corrected chi connectivity index (χ1v) is 6.10. The zero-order valence-electron chi connectivity index (χ0n) is 8.22. The lowest BCUT2D eigenvalue weighted by Gasteiger charge is -2.16. The molecular formula is C7H15N3O4S. The van der Waals surface area contributed by atoms with Crippen LogP contribution in [0, 0.1) is 0 Å². The summed E-state index contributed by atoms with van der Waals surface area (Å²) in [7, 11) is -3.55. The third kappa shape index (κ3) is 3.42. The van der Waals surface area contributed by atoms with Crippen LogP contribution in [-0.2, 0) is 15.0 Å². The number of nitrogens with one attached hydrogen (secondary N) is 1. The lowest BCUT2D eigenvalue weighted by Crippen LogP contribution is -2.46. The molecule has 1 aliphatic rings. The number of carboxylic acids is 1. The first-order chi connectivity index (χ1) is 6.93. The van der Waals surface area contributed by atoms with Crippen LogP contribution in [0.1, 0.15) is 12.8 Å². The maximum Gasteiger partial charge on any atom is 0.321 e. The summed E-state index contributed by atoms with van der Waals surface area (Å²) in [6.07, 6.45) is 1.68. The molecule has 1 atom stereocenters.